The van der Waals surface area contributed by atoms with Crippen LogP contribution in [0.2, 0.25) is 0 Å². The molecule has 1 fully saturated rings. The zero-order valence-corrected chi connectivity index (χ0v) is 7.61. The lowest BCUT2D eigenvalue weighted by molar-refractivity contribution is -0.122. The molecule has 0 aromatic rings. The summed E-state index contributed by atoms with van der Waals surface area (Å²) in [6.45, 7) is 6.29. The van der Waals surface area contributed by atoms with Gasteiger partial charge in [0.25, 0.3) is 0 Å². The van der Waals surface area contributed by atoms with Crippen molar-refractivity contribution < 1.29 is 4.79 Å². The highest BCUT2D eigenvalue weighted by Crippen LogP contribution is 2.27. The number of carbonyl (C=O) groups is 1. The molecule has 0 aliphatic carbocycles. The molecule has 2 heteroatoms. The second-order valence-corrected chi connectivity index (χ2v) is 4.06. The summed E-state index contributed by atoms with van der Waals surface area (Å²) in [6, 6.07) is 0. The summed E-state index contributed by atoms with van der Waals surface area (Å²) >= 11 is 0. The van der Waals surface area contributed by atoms with Crippen LogP contribution in [0.15, 0.2) is 0 Å². The van der Waals surface area contributed by atoms with Gasteiger partial charge < -0.3 is 5.32 Å². The van der Waals surface area contributed by atoms with Crippen LogP contribution < -0.4 is 5.32 Å². The van der Waals surface area contributed by atoms with Crippen LogP contribution >= 0.6 is 0 Å². The predicted molar refractivity (Wildman–Crippen MR) is 45.2 cm³/mol. The van der Waals surface area contributed by atoms with E-state index < -0.39 is 0 Å². The van der Waals surface area contributed by atoms with E-state index in [0.29, 0.717) is 0 Å². The predicted octanol–water partition coefficient (Wildman–Crippen LogP) is 1.70. The number of rotatable bonds is 2. The lowest BCUT2D eigenvalue weighted by atomic mass is 9.94. The maximum Gasteiger partial charge on any atom is 0.223 e. The third-order valence-corrected chi connectivity index (χ3v) is 2.23. The number of hydrogen-bond donors (Lipinski definition) is 1. The highest BCUT2D eigenvalue weighted by atomic mass is 16.2. The van der Waals surface area contributed by atoms with Gasteiger partial charge in [0.05, 0.1) is 0 Å². The van der Waals surface area contributed by atoms with Gasteiger partial charge in [-0.3, -0.25) is 4.79 Å². The Labute approximate surface area is 68.4 Å². The minimum absolute atomic E-state index is 0.0386. The Morgan fingerprint density at radius 1 is 1.64 bits per heavy atom. The van der Waals surface area contributed by atoms with E-state index in [2.05, 4.69) is 26.1 Å². The Morgan fingerprint density at radius 2 is 2.27 bits per heavy atom. The minimum atomic E-state index is 0.0386. The molecule has 11 heavy (non-hydrogen) atoms. The van der Waals surface area contributed by atoms with Gasteiger partial charge in [0.1, 0.15) is 0 Å². The molecule has 64 valence electrons. The standard InChI is InChI=1S/C9H17NO/c1-4-5-7-6-9(2,3)10-8(7)11/h7H,4-6H2,1-3H3,(H,10,11). The van der Waals surface area contributed by atoms with Crippen LogP contribution in [-0.4, -0.2) is 11.4 Å². The fraction of sp³-hybridized carbons (Fsp3) is 0.889. The summed E-state index contributed by atoms with van der Waals surface area (Å²) in [5, 5.41) is 2.99. The first kappa shape index (κ1) is 8.57. The van der Waals surface area contributed by atoms with Gasteiger partial charge in [-0.15, -0.1) is 0 Å². The van der Waals surface area contributed by atoms with Crippen LogP contribution in [0, 0.1) is 5.92 Å². The van der Waals surface area contributed by atoms with Gasteiger partial charge in [-0.25, -0.2) is 0 Å². The number of hydrogen-bond acceptors (Lipinski definition) is 1. The Morgan fingerprint density at radius 3 is 2.64 bits per heavy atom. The van der Waals surface area contributed by atoms with Gasteiger partial charge >= 0.3 is 0 Å². The van der Waals surface area contributed by atoms with Crippen molar-refractivity contribution in [3.63, 3.8) is 0 Å². The summed E-state index contributed by atoms with van der Waals surface area (Å²) in [5.41, 5.74) is 0.0386. The average molecular weight is 155 g/mol. The zero-order valence-electron chi connectivity index (χ0n) is 7.61. The van der Waals surface area contributed by atoms with Gasteiger partial charge in [-0.05, 0) is 26.7 Å². The molecule has 0 aromatic heterocycles. The third-order valence-electron chi connectivity index (χ3n) is 2.23. The molecule has 1 unspecified atom stereocenters. The zero-order chi connectivity index (χ0) is 8.48. The fourth-order valence-corrected chi connectivity index (χ4v) is 1.78. The van der Waals surface area contributed by atoms with Crippen LogP contribution in [-0.2, 0) is 4.79 Å². The SMILES string of the molecule is CCCC1CC(C)(C)NC1=O. The number of amides is 1. The molecule has 1 rings (SSSR count). The van der Waals surface area contributed by atoms with Gasteiger partial charge in [0.2, 0.25) is 5.91 Å². The summed E-state index contributed by atoms with van der Waals surface area (Å²) < 4.78 is 0. The van der Waals surface area contributed by atoms with Gasteiger partial charge in [-0.2, -0.15) is 0 Å². The largest absolute Gasteiger partial charge is 0.351 e. The van der Waals surface area contributed by atoms with Crippen molar-refractivity contribution in [2.24, 2.45) is 5.92 Å². The van der Waals surface area contributed by atoms with Crippen LogP contribution in [0.5, 0.6) is 0 Å². The highest BCUT2D eigenvalue weighted by molar-refractivity contribution is 5.81. The van der Waals surface area contributed by atoms with E-state index in [-0.39, 0.29) is 17.4 Å². The van der Waals surface area contributed by atoms with Crippen LogP contribution in [0.3, 0.4) is 0 Å². The van der Waals surface area contributed by atoms with Crippen molar-refractivity contribution in [1.29, 1.82) is 0 Å². The molecule has 1 aliphatic heterocycles. The molecule has 1 N–H and O–H groups in total. The molecule has 0 radical (unpaired) electrons. The topological polar surface area (TPSA) is 29.1 Å². The smallest absolute Gasteiger partial charge is 0.223 e. The van der Waals surface area contributed by atoms with Crippen molar-refractivity contribution in [3.05, 3.63) is 0 Å². The van der Waals surface area contributed by atoms with Crippen LogP contribution in [0.4, 0.5) is 0 Å². The molecule has 1 heterocycles. The van der Waals surface area contributed by atoms with Crippen LogP contribution in [0.25, 0.3) is 0 Å². The second-order valence-electron chi connectivity index (χ2n) is 4.06. The van der Waals surface area contributed by atoms with E-state index >= 15 is 0 Å². The summed E-state index contributed by atoms with van der Waals surface area (Å²) in [7, 11) is 0. The van der Waals surface area contributed by atoms with Gasteiger partial charge in [-0.1, -0.05) is 13.3 Å². The lowest BCUT2D eigenvalue weighted by Gasteiger charge is -2.16. The van der Waals surface area contributed by atoms with Crippen LogP contribution in [0.1, 0.15) is 40.0 Å². The summed E-state index contributed by atoms with van der Waals surface area (Å²) in [4.78, 5) is 11.3. The normalized spacial score (nSPS) is 28.6. The Bertz CT molecular complexity index is 163. The van der Waals surface area contributed by atoms with Crippen molar-refractivity contribution in [3.8, 4) is 0 Å². The van der Waals surface area contributed by atoms with E-state index in [1.165, 1.54) is 0 Å². The molecule has 0 spiro atoms. The molecule has 0 bridgehead atoms. The van der Waals surface area contributed by atoms with Gasteiger partial charge in [0, 0.05) is 11.5 Å². The van der Waals surface area contributed by atoms with E-state index in [4.69, 9.17) is 0 Å². The third kappa shape index (κ3) is 1.95. The van der Waals surface area contributed by atoms with Crippen molar-refractivity contribution in [2.75, 3.05) is 0 Å². The molecule has 1 saturated heterocycles. The van der Waals surface area contributed by atoms with E-state index in [9.17, 15) is 4.79 Å². The Balaban J connectivity index is 2.52. The first-order chi connectivity index (χ1) is 5.05. The van der Waals surface area contributed by atoms with E-state index in [1.54, 1.807) is 0 Å². The lowest BCUT2D eigenvalue weighted by Crippen LogP contribution is -2.34. The molecule has 0 aromatic carbocycles. The number of nitrogens with one attached hydrogen (secondary N) is 1. The molecule has 0 saturated carbocycles. The van der Waals surface area contributed by atoms with Crippen molar-refractivity contribution >= 4 is 5.91 Å². The first-order valence-corrected chi connectivity index (χ1v) is 4.37. The van der Waals surface area contributed by atoms with E-state index in [0.717, 1.165) is 19.3 Å². The molecule has 2 nitrogen and oxygen atoms in total. The highest BCUT2D eigenvalue weighted by Gasteiger charge is 2.36. The maximum absolute atomic E-state index is 11.3. The maximum atomic E-state index is 11.3. The fourth-order valence-electron chi connectivity index (χ4n) is 1.78. The minimum Gasteiger partial charge on any atom is -0.351 e. The van der Waals surface area contributed by atoms with Crippen molar-refractivity contribution in [2.45, 2.75) is 45.6 Å². The molecule has 1 amide bonds. The molecular formula is C9H17NO. The van der Waals surface area contributed by atoms with Gasteiger partial charge in [0.15, 0.2) is 0 Å². The Hall–Kier alpha value is -0.530. The monoisotopic (exact) mass is 155 g/mol. The molecular weight excluding hydrogens is 138 g/mol. The van der Waals surface area contributed by atoms with E-state index in [1.807, 2.05) is 0 Å². The Kier molecular flexibility index (Phi) is 2.21. The second kappa shape index (κ2) is 2.84. The summed E-state index contributed by atoms with van der Waals surface area (Å²) in [6.07, 6.45) is 3.14. The molecule has 1 atom stereocenters. The average Bonchev–Trinajstić information content (AvgIpc) is 2.07. The van der Waals surface area contributed by atoms with Crippen molar-refractivity contribution in [1.82, 2.24) is 5.32 Å². The molecule has 1 aliphatic rings. The quantitative estimate of drug-likeness (QED) is 0.646. The summed E-state index contributed by atoms with van der Waals surface area (Å²) in [5.74, 6) is 0.520. The number of carbonyl (C=O) groups excluding carboxylic acids is 1. The first-order valence-electron chi connectivity index (χ1n) is 4.37.